The predicted octanol–water partition coefficient (Wildman–Crippen LogP) is 5.02. The van der Waals surface area contributed by atoms with Gasteiger partial charge in [0.05, 0.1) is 5.02 Å². The SMILES string of the molecule is Cc1cc(C=O)ccc1Oc1ccc(Br)cc1Cl. The summed E-state index contributed by atoms with van der Waals surface area (Å²) in [5.74, 6) is 1.27. The van der Waals surface area contributed by atoms with Crippen LogP contribution in [0.5, 0.6) is 11.5 Å². The van der Waals surface area contributed by atoms with Crippen LogP contribution in [0, 0.1) is 6.92 Å². The van der Waals surface area contributed by atoms with E-state index in [2.05, 4.69) is 15.9 Å². The quantitative estimate of drug-likeness (QED) is 0.741. The molecule has 0 aromatic heterocycles. The molecule has 2 aromatic rings. The lowest BCUT2D eigenvalue weighted by Crippen LogP contribution is -1.90. The van der Waals surface area contributed by atoms with Gasteiger partial charge in [-0.2, -0.15) is 0 Å². The number of carbonyl (C=O) groups is 1. The van der Waals surface area contributed by atoms with Gasteiger partial charge in [0.15, 0.2) is 0 Å². The second-order valence-corrected chi connectivity index (χ2v) is 5.14. The molecular formula is C14H10BrClO2. The van der Waals surface area contributed by atoms with Gasteiger partial charge < -0.3 is 4.74 Å². The average molecular weight is 326 g/mol. The molecule has 2 aromatic carbocycles. The van der Waals surface area contributed by atoms with Gasteiger partial charge in [-0.3, -0.25) is 4.79 Å². The summed E-state index contributed by atoms with van der Waals surface area (Å²) in [4.78, 5) is 10.7. The molecule has 4 heteroatoms. The molecule has 0 unspecified atom stereocenters. The van der Waals surface area contributed by atoms with Crippen molar-refractivity contribution in [2.75, 3.05) is 0 Å². The van der Waals surface area contributed by atoms with Crippen LogP contribution >= 0.6 is 27.5 Å². The highest BCUT2D eigenvalue weighted by atomic mass is 79.9. The summed E-state index contributed by atoms with van der Waals surface area (Å²) in [5, 5.41) is 0.531. The number of hydrogen-bond donors (Lipinski definition) is 0. The number of aryl methyl sites for hydroxylation is 1. The Balaban J connectivity index is 2.31. The highest BCUT2D eigenvalue weighted by Crippen LogP contribution is 2.33. The van der Waals surface area contributed by atoms with Crippen molar-refractivity contribution in [1.82, 2.24) is 0 Å². The Labute approximate surface area is 119 Å². The van der Waals surface area contributed by atoms with Crippen molar-refractivity contribution >= 4 is 33.8 Å². The van der Waals surface area contributed by atoms with E-state index in [1.165, 1.54) is 0 Å². The Morgan fingerprint density at radius 2 is 1.89 bits per heavy atom. The standard InChI is InChI=1S/C14H10BrClO2/c1-9-6-10(8-17)2-4-13(9)18-14-5-3-11(15)7-12(14)16/h2-8H,1H3. The van der Waals surface area contributed by atoms with Gasteiger partial charge in [0.25, 0.3) is 0 Å². The fourth-order valence-corrected chi connectivity index (χ4v) is 2.25. The van der Waals surface area contributed by atoms with Crippen molar-refractivity contribution in [3.05, 3.63) is 57.0 Å². The molecule has 0 heterocycles. The van der Waals surface area contributed by atoms with E-state index in [9.17, 15) is 4.79 Å². The second-order valence-electron chi connectivity index (χ2n) is 3.82. The van der Waals surface area contributed by atoms with Gasteiger partial charge in [-0.05, 0) is 48.9 Å². The fraction of sp³-hybridized carbons (Fsp3) is 0.0714. The molecule has 0 aliphatic heterocycles. The molecular weight excluding hydrogens is 316 g/mol. The zero-order valence-corrected chi connectivity index (χ0v) is 12.0. The normalized spacial score (nSPS) is 10.2. The molecule has 0 saturated heterocycles. The van der Waals surface area contributed by atoms with Gasteiger partial charge in [0.1, 0.15) is 17.8 Å². The van der Waals surface area contributed by atoms with Crippen LogP contribution in [0.4, 0.5) is 0 Å². The summed E-state index contributed by atoms with van der Waals surface area (Å²) in [6, 6.07) is 10.7. The number of ether oxygens (including phenoxy) is 1. The summed E-state index contributed by atoms with van der Waals surface area (Å²) in [6.45, 7) is 1.88. The van der Waals surface area contributed by atoms with Crippen LogP contribution in [0.25, 0.3) is 0 Å². The van der Waals surface area contributed by atoms with Crippen molar-refractivity contribution < 1.29 is 9.53 Å². The molecule has 0 amide bonds. The van der Waals surface area contributed by atoms with Crippen molar-refractivity contribution in [3.8, 4) is 11.5 Å². The first kappa shape index (κ1) is 13.1. The third-order valence-electron chi connectivity index (χ3n) is 2.45. The lowest BCUT2D eigenvalue weighted by Gasteiger charge is -2.10. The minimum Gasteiger partial charge on any atom is -0.456 e. The van der Waals surface area contributed by atoms with E-state index in [4.69, 9.17) is 16.3 Å². The molecule has 2 rings (SSSR count). The Morgan fingerprint density at radius 3 is 2.50 bits per heavy atom. The number of benzene rings is 2. The van der Waals surface area contributed by atoms with Crippen molar-refractivity contribution in [3.63, 3.8) is 0 Å². The summed E-state index contributed by atoms with van der Waals surface area (Å²) >= 11 is 9.42. The molecule has 0 aliphatic carbocycles. The number of carbonyl (C=O) groups excluding carboxylic acids is 1. The number of halogens is 2. The van der Waals surface area contributed by atoms with Crippen molar-refractivity contribution in [2.24, 2.45) is 0 Å². The first-order valence-electron chi connectivity index (χ1n) is 5.29. The zero-order valence-electron chi connectivity index (χ0n) is 9.61. The van der Waals surface area contributed by atoms with E-state index in [0.717, 1.165) is 16.3 Å². The highest BCUT2D eigenvalue weighted by Gasteiger charge is 2.06. The lowest BCUT2D eigenvalue weighted by molar-refractivity contribution is 0.112. The van der Waals surface area contributed by atoms with Crippen LogP contribution in [0.1, 0.15) is 15.9 Å². The van der Waals surface area contributed by atoms with Crippen LogP contribution in [-0.4, -0.2) is 6.29 Å². The van der Waals surface area contributed by atoms with E-state index >= 15 is 0 Å². The summed E-state index contributed by atoms with van der Waals surface area (Å²) in [6.07, 6.45) is 0.809. The van der Waals surface area contributed by atoms with Gasteiger partial charge in [-0.1, -0.05) is 27.5 Å². The van der Waals surface area contributed by atoms with E-state index in [0.29, 0.717) is 22.1 Å². The molecule has 0 fully saturated rings. The Morgan fingerprint density at radius 1 is 1.17 bits per heavy atom. The van der Waals surface area contributed by atoms with Crippen LogP contribution in [0.2, 0.25) is 5.02 Å². The Bertz CT molecular complexity index is 596. The maximum Gasteiger partial charge on any atom is 0.150 e. The monoisotopic (exact) mass is 324 g/mol. The number of aldehydes is 1. The maximum atomic E-state index is 10.7. The van der Waals surface area contributed by atoms with Crippen LogP contribution in [0.15, 0.2) is 40.9 Å². The van der Waals surface area contributed by atoms with Crippen LogP contribution < -0.4 is 4.74 Å². The van der Waals surface area contributed by atoms with Crippen LogP contribution in [-0.2, 0) is 0 Å². The summed E-state index contributed by atoms with van der Waals surface area (Å²) in [5.41, 5.74) is 1.51. The highest BCUT2D eigenvalue weighted by molar-refractivity contribution is 9.10. The van der Waals surface area contributed by atoms with Crippen molar-refractivity contribution in [1.29, 1.82) is 0 Å². The van der Waals surface area contributed by atoms with Gasteiger partial charge in [0, 0.05) is 10.0 Å². The lowest BCUT2D eigenvalue weighted by atomic mass is 10.1. The van der Waals surface area contributed by atoms with Gasteiger partial charge >= 0.3 is 0 Å². The minimum atomic E-state index is 0.531. The Kier molecular flexibility index (Phi) is 4.04. The smallest absolute Gasteiger partial charge is 0.150 e. The van der Waals surface area contributed by atoms with E-state index in [-0.39, 0.29) is 0 Å². The molecule has 2 nitrogen and oxygen atoms in total. The van der Waals surface area contributed by atoms with E-state index in [1.807, 2.05) is 13.0 Å². The molecule has 0 atom stereocenters. The molecule has 0 bridgehead atoms. The predicted molar refractivity (Wildman–Crippen MR) is 75.8 cm³/mol. The van der Waals surface area contributed by atoms with Crippen LogP contribution in [0.3, 0.4) is 0 Å². The average Bonchev–Trinajstić information content (AvgIpc) is 2.34. The second kappa shape index (κ2) is 5.55. The van der Waals surface area contributed by atoms with Gasteiger partial charge in [-0.15, -0.1) is 0 Å². The third-order valence-corrected chi connectivity index (χ3v) is 3.24. The first-order chi connectivity index (χ1) is 8.60. The molecule has 0 radical (unpaired) electrons. The minimum absolute atomic E-state index is 0.531. The molecule has 0 N–H and O–H groups in total. The maximum absolute atomic E-state index is 10.7. The van der Waals surface area contributed by atoms with E-state index < -0.39 is 0 Å². The Hall–Kier alpha value is -1.32. The molecule has 0 aliphatic rings. The number of hydrogen-bond acceptors (Lipinski definition) is 2. The van der Waals surface area contributed by atoms with Gasteiger partial charge in [-0.25, -0.2) is 0 Å². The first-order valence-corrected chi connectivity index (χ1v) is 6.46. The topological polar surface area (TPSA) is 26.3 Å². The molecule has 92 valence electrons. The van der Waals surface area contributed by atoms with Crippen molar-refractivity contribution in [2.45, 2.75) is 6.92 Å². The third kappa shape index (κ3) is 2.92. The molecule has 0 spiro atoms. The molecule has 18 heavy (non-hydrogen) atoms. The summed E-state index contributed by atoms with van der Waals surface area (Å²) in [7, 11) is 0. The fourth-order valence-electron chi connectivity index (χ4n) is 1.54. The molecule has 0 saturated carbocycles. The van der Waals surface area contributed by atoms with Gasteiger partial charge in [0.2, 0.25) is 0 Å². The zero-order chi connectivity index (χ0) is 13.1. The largest absolute Gasteiger partial charge is 0.456 e. The summed E-state index contributed by atoms with van der Waals surface area (Å²) < 4.78 is 6.62. The number of rotatable bonds is 3. The van der Waals surface area contributed by atoms with E-state index in [1.54, 1.807) is 30.3 Å².